The highest BCUT2D eigenvalue weighted by Gasteiger charge is 2.33. The van der Waals surface area contributed by atoms with Crippen LogP contribution in [0.4, 0.5) is 4.39 Å². The first-order valence-corrected chi connectivity index (χ1v) is 11.3. The maximum Gasteiger partial charge on any atom is 0.241 e. The number of hydrogen-bond acceptors (Lipinski definition) is 3. The van der Waals surface area contributed by atoms with Gasteiger partial charge in [0.15, 0.2) is 0 Å². The molecular weight excluding hydrogens is 499 g/mol. The van der Waals surface area contributed by atoms with Crippen LogP contribution in [0.2, 0.25) is 5.15 Å². The molecular formula is C16H16Br2ClFN2O2S. The van der Waals surface area contributed by atoms with E-state index < -0.39 is 15.7 Å². The van der Waals surface area contributed by atoms with E-state index in [1.54, 1.807) is 12.3 Å². The van der Waals surface area contributed by atoms with E-state index in [0.29, 0.717) is 5.39 Å². The lowest BCUT2D eigenvalue weighted by Crippen LogP contribution is -2.35. The van der Waals surface area contributed by atoms with E-state index >= 15 is 0 Å². The van der Waals surface area contributed by atoms with Crippen molar-refractivity contribution in [3.63, 3.8) is 0 Å². The van der Waals surface area contributed by atoms with Crippen LogP contribution < -0.4 is 4.72 Å². The largest absolute Gasteiger partial charge is 0.244 e. The Morgan fingerprint density at radius 3 is 2.64 bits per heavy atom. The minimum Gasteiger partial charge on any atom is -0.244 e. The van der Waals surface area contributed by atoms with Gasteiger partial charge in [0.25, 0.3) is 0 Å². The molecule has 4 nitrogen and oxygen atoms in total. The molecule has 1 aromatic heterocycles. The van der Waals surface area contributed by atoms with Gasteiger partial charge in [-0.3, -0.25) is 0 Å². The minimum atomic E-state index is -3.91. The maximum atomic E-state index is 13.8. The molecule has 0 radical (unpaired) electrons. The van der Waals surface area contributed by atoms with Crippen LogP contribution in [-0.2, 0) is 10.0 Å². The Morgan fingerprint density at radius 2 is 2.00 bits per heavy atom. The number of sulfonamides is 1. The zero-order chi connectivity index (χ0) is 18.6. The van der Waals surface area contributed by atoms with Crippen LogP contribution in [0.5, 0.6) is 0 Å². The first-order chi connectivity index (χ1) is 11.5. The lowest BCUT2D eigenvalue weighted by molar-refractivity contribution is 0.221. The van der Waals surface area contributed by atoms with Crippen LogP contribution in [0.3, 0.4) is 0 Å². The Morgan fingerprint density at radius 1 is 1.32 bits per heavy atom. The summed E-state index contributed by atoms with van der Waals surface area (Å²) in [5.74, 6) is 0. The van der Waals surface area contributed by atoms with Gasteiger partial charge in [-0.05, 0) is 43.5 Å². The monoisotopic (exact) mass is 512 g/mol. The topological polar surface area (TPSA) is 59.1 Å². The fourth-order valence-electron chi connectivity index (χ4n) is 2.90. The summed E-state index contributed by atoms with van der Waals surface area (Å²) < 4.78 is 41.8. The van der Waals surface area contributed by atoms with Gasteiger partial charge in [0.05, 0.1) is 4.90 Å². The third-order valence-corrected chi connectivity index (χ3v) is 7.41. The van der Waals surface area contributed by atoms with Gasteiger partial charge in [0.1, 0.15) is 10.8 Å². The van der Waals surface area contributed by atoms with Crippen molar-refractivity contribution in [2.75, 3.05) is 6.54 Å². The van der Waals surface area contributed by atoms with Gasteiger partial charge in [-0.25, -0.2) is 22.5 Å². The van der Waals surface area contributed by atoms with Crippen molar-refractivity contribution in [2.24, 2.45) is 0 Å². The van der Waals surface area contributed by atoms with Crippen molar-refractivity contribution < 1.29 is 12.8 Å². The zero-order valence-corrected chi connectivity index (χ0v) is 18.2. The quantitative estimate of drug-likeness (QED) is 0.451. The average molecular weight is 515 g/mol. The van der Waals surface area contributed by atoms with Crippen molar-refractivity contribution in [1.82, 2.24) is 9.71 Å². The van der Waals surface area contributed by atoms with Crippen molar-refractivity contribution in [3.8, 4) is 0 Å². The maximum absolute atomic E-state index is 13.8. The number of alkyl halides is 3. The first kappa shape index (κ1) is 19.5. The predicted octanol–water partition coefficient (Wildman–Crippen LogP) is 5.19. The molecule has 0 saturated heterocycles. The van der Waals surface area contributed by atoms with Crippen LogP contribution in [0, 0.1) is 0 Å². The molecule has 2 unspecified atom stereocenters. The van der Waals surface area contributed by atoms with E-state index in [0.717, 1.165) is 22.9 Å². The van der Waals surface area contributed by atoms with Gasteiger partial charge in [-0.2, -0.15) is 0 Å². The molecule has 1 aromatic carbocycles. The summed E-state index contributed by atoms with van der Waals surface area (Å²) in [6.45, 7) is 2.33. The predicted molar refractivity (Wildman–Crippen MR) is 105 cm³/mol. The lowest BCUT2D eigenvalue weighted by Gasteiger charge is -2.18. The standard InChI is InChI=1S/C16H16Br2ClFN2O2S/c1-16(2,20)7-22-25(23,24)13-3-9-11(17)5-12(18)15(9)10-6-21-14(19)4-8(10)13/h3-4,6,11-12,22H,5,7H2,1-2H3. The van der Waals surface area contributed by atoms with Crippen LogP contribution in [-0.4, -0.2) is 25.6 Å². The van der Waals surface area contributed by atoms with Crippen LogP contribution in [0.25, 0.3) is 10.8 Å². The van der Waals surface area contributed by atoms with E-state index in [9.17, 15) is 12.8 Å². The molecule has 0 spiro atoms. The minimum absolute atomic E-state index is 0.0264. The van der Waals surface area contributed by atoms with E-state index in [2.05, 4.69) is 41.6 Å². The molecule has 1 heterocycles. The Labute approximate surface area is 167 Å². The number of rotatable bonds is 4. The second kappa shape index (κ2) is 6.71. The van der Waals surface area contributed by atoms with Gasteiger partial charge in [0, 0.05) is 33.2 Å². The van der Waals surface area contributed by atoms with Crippen molar-refractivity contribution in [3.05, 3.63) is 34.6 Å². The molecule has 1 N–H and O–H groups in total. The highest BCUT2D eigenvalue weighted by Crippen LogP contribution is 2.51. The van der Waals surface area contributed by atoms with E-state index in [1.165, 1.54) is 19.9 Å². The van der Waals surface area contributed by atoms with Gasteiger partial charge in [-0.1, -0.05) is 43.5 Å². The number of halogens is 4. The van der Waals surface area contributed by atoms with E-state index in [1.807, 2.05) is 0 Å². The number of hydrogen-bond donors (Lipinski definition) is 1. The van der Waals surface area contributed by atoms with Gasteiger partial charge in [0.2, 0.25) is 10.0 Å². The fraction of sp³-hybridized carbons (Fsp3) is 0.438. The Bertz CT molecular complexity index is 947. The molecule has 25 heavy (non-hydrogen) atoms. The molecule has 0 fully saturated rings. The third-order valence-electron chi connectivity index (χ3n) is 4.06. The molecule has 3 rings (SSSR count). The van der Waals surface area contributed by atoms with Gasteiger partial charge >= 0.3 is 0 Å². The van der Waals surface area contributed by atoms with Crippen LogP contribution in [0.1, 0.15) is 41.0 Å². The van der Waals surface area contributed by atoms with Crippen LogP contribution >= 0.6 is 43.5 Å². The zero-order valence-electron chi connectivity index (χ0n) is 13.5. The number of benzene rings is 1. The van der Waals surface area contributed by atoms with Crippen molar-refractivity contribution in [2.45, 2.75) is 40.5 Å². The molecule has 0 aliphatic heterocycles. The molecule has 0 amide bonds. The average Bonchev–Trinajstić information content (AvgIpc) is 2.78. The highest BCUT2D eigenvalue weighted by atomic mass is 79.9. The third kappa shape index (κ3) is 3.88. The summed E-state index contributed by atoms with van der Waals surface area (Å²) in [6.07, 6.45) is 2.38. The number of nitrogens with one attached hydrogen (secondary N) is 1. The smallest absolute Gasteiger partial charge is 0.241 e. The van der Waals surface area contributed by atoms with Gasteiger partial charge in [-0.15, -0.1) is 0 Å². The molecule has 2 aromatic rings. The van der Waals surface area contributed by atoms with Crippen molar-refractivity contribution in [1.29, 1.82) is 0 Å². The number of fused-ring (bicyclic) bond motifs is 3. The molecule has 136 valence electrons. The summed E-state index contributed by atoms with van der Waals surface area (Å²) in [6, 6.07) is 3.18. The van der Waals surface area contributed by atoms with E-state index in [4.69, 9.17) is 11.6 Å². The number of pyridine rings is 1. The summed E-state index contributed by atoms with van der Waals surface area (Å²) >= 11 is 13.2. The SMILES string of the molecule is CC(C)(F)CNS(=O)(=O)c1cc2c(c3cnc(Cl)cc13)C(Br)CC2Br. The summed E-state index contributed by atoms with van der Waals surface area (Å²) in [7, 11) is -3.91. The lowest BCUT2D eigenvalue weighted by atomic mass is 10.0. The summed E-state index contributed by atoms with van der Waals surface area (Å²) in [5.41, 5.74) is 0.238. The molecule has 1 aliphatic carbocycles. The molecule has 9 heteroatoms. The normalized spacial score (nSPS) is 20.9. The fourth-order valence-corrected chi connectivity index (χ4v) is 6.63. The van der Waals surface area contributed by atoms with Crippen molar-refractivity contribution >= 4 is 64.3 Å². The molecule has 2 atom stereocenters. The van der Waals surface area contributed by atoms with Crippen LogP contribution in [0.15, 0.2) is 23.2 Å². The number of nitrogens with zero attached hydrogens (tertiary/aromatic N) is 1. The Hall–Kier alpha value is -0.280. The Kier molecular flexibility index (Phi) is 5.23. The molecule has 1 aliphatic rings. The summed E-state index contributed by atoms with van der Waals surface area (Å²) in [4.78, 5) is 4.31. The highest BCUT2D eigenvalue weighted by molar-refractivity contribution is 9.10. The Balaban J connectivity index is 2.24. The second-order valence-corrected chi connectivity index (χ2v) is 11.0. The number of aromatic nitrogens is 1. The second-order valence-electron chi connectivity index (χ2n) is 6.64. The molecule has 0 saturated carbocycles. The first-order valence-electron chi connectivity index (χ1n) is 7.58. The van der Waals surface area contributed by atoms with Gasteiger partial charge < -0.3 is 0 Å². The summed E-state index contributed by atoms with van der Waals surface area (Å²) in [5, 5.41) is 1.41. The molecule has 0 bridgehead atoms. The van der Waals surface area contributed by atoms with E-state index in [-0.39, 0.29) is 26.2 Å².